The van der Waals surface area contributed by atoms with Crippen LogP contribution in [0.4, 0.5) is 11.6 Å². The molecule has 150 valence electrons. The Hall–Kier alpha value is -3.66. The van der Waals surface area contributed by atoms with E-state index in [1.54, 1.807) is 26.4 Å². The van der Waals surface area contributed by atoms with E-state index in [4.69, 9.17) is 9.47 Å². The number of allylic oxidation sites excluding steroid dienone is 2. The van der Waals surface area contributed by atoms with Crippen LogP contribution in [0, 0.1) is 0 Å². The molecule has 1 unspecified atom stereocenters. The summed E-state index contributed by atoms with van der Waals surface area (Å²) in [5, 5.41) is 20.8. The van der Waals surface area contributed by atoms with Crippen LogP contribution >= 0.6 is 0 Å². The number of hydrogen-bond donors (Lipinski definition) is 4. The predicted octanol–water partition coefficient (Wildman–Crippen LogP) is 1.87. The normalized spacial score (nSPS) is 16.3. The van der Waals surface area contributed by atoms with Gasteiger partial charge < -0.3 is 20.1 Å². The fraction of sp³-hybridized carbons (Fsp3) is 0.263. The second-order valence-electron chi connectivity index (χ2n) is 6.46. The second kappa shape index (κ2) is 8.15. The summed E-state index contributed by atoms with van der Waals surface area (Å²) >= 11 is 0. The highest BCUT2D eigenvalue weighted by molar-refractivity contribution is 5.82. The number of likely N-dealkylation sites (N-methyl/N-ethyl adjacent to an activating group) is 1. The molecule has 29 heavy (non-hydrogen) atoms. The molecule has 0 aliphatic heterocycles. The summed E-state index contributed by atoms with van der Waals surface area (Å²) in [7, 11) is 3.17. The van der Waals surface area contributed by atoms with Gasteiger partial charge in [-0.25, -0.2) is 0 Å². The highest BCUT2D eigenvalue weighted by Gasteiger charge is 2.23. The van der Waals surface area contributed by atoms with Crippen molar-refractivity contribution in [3.63, 3.8) is 0 Å². The molecule has 0 saturated carbocycles. The van der Waals surface area contributed by atoms with Crippen molar-refractivity contribution < 1.29 is 14.3 Å². The number of hydrogen-bond acceptors (Lipinski definition) is 7. The molecule has 0 fully saturated rings. The van der Waals surface area contributed by atoms with E-state index in [1.807, 2.05) is 24.3 Å². The number of aromatic amines is 2. The van der Waals surface area contributed by atoms with E-state index in [2.05, 4.69) is 36.0 Å². The summed E-state index contributed by atoms with van der Waals surface area (Å²) in [5.74, 6) is 1.50. The topological polar surface area (TPSA) is 130 Å². The Bertz CT molecular complexity index is 1080. The Morgan fingerprint density at radius 3 is 3.03 bits per heavy atom. The van der Waals surface area contributed by atoms with Crippen molar-refractivity contribution in [2.24, 2.45) is 0 Å². The molecule has 1 aromatic carbocycles. The largest absolute Gasteiger partial charge is 0.485 e. The first-order valence-electron chi connectivity index (χ1n) is 9.06. The maximum atomic E-state index is 11.4. The first-order valence-corrected chi connectivity index (χ1v) is 9.06. The van der Waals surface area contributed by atoms with Crippen molar-refractivity contribution in [1.82, 2.24) is 30.7 Å². The summed E-state index contributed by atoms with van der Waals surface area (Å²) in [4.78, 5) is 15.9. The maximum Gasteiger partial charge on any atom is 0.257 e. The van der Waals surface area contributed by atoms with Gasteiger partial charge in [-0.2, -0.15) is 10.1 Å². The molecule has 0 bridgehead atoms. The third-order valence-corrected chi connectivity index (χ3v) is 4.59. The van der Waals surface area contributed by atoms with E-state index < -0.39 is 0 Å². The molecule has 10 nitrogen and oxygen atoms in total. The van der Waals surface area contributed by atoms with Gasteiger partial charge in [0.05, 0.1) is 11.7 Å². The Kier molecular flexibility index (Phi) is 5.25. The van der Waals surface area contributed by atoms with Gasteiger partial charge in [0, 0.05) is 31.7 Å². The summed E-state index contributed by atoms with van der Waals surface area (Å²) in [5.41, 5.74) is 2.75. The number of aromatic nitrogens is 5. The third-order valence-electron chi connectivity index (χ3n) is 4.59. The van der Waals surface area contributed by atoms with Crippen molar-refractivity contribution in [3.05, 3.63) is 48.1 Å². The zero-order valence-corrected chi connectivity index (χ0v) is 16.0. The number of methoxy groups -OCH3 is 1. The number of ether oxygens (including phenoxy) is 2. The minimum Gasteiger partial charge on any atom is -0.485 e. The Morgan fingerprint density at radius 1 is 1.31 bits per heavy atom. The van der Waals surface area contributed by atoms with Gasteiger partial charge in [-0.15, -0.1) is 5.10 Å². The lowest BCUT2D eigenvalue weighted by Gasteiger charge is -2.23. The highest BCUT2D eigenvalue weighted by atomic mass is 16.5. The molecule has 1 aliphatic rings. The number of carbonyl (C=O) groups excluding carboxylic acids is 1. The summed E-state index contributed by atoms with van der Waals surface area (Å²) < 4.78 is 11.1. The van der Waals surface area contributed by atoms with E-state index in [9.17, 15) is 4.79 Å². The number of H-pyrrole nitrogens is 2. The summed E-state index contributed by atoms with van der Waals surface area (Å²) in [6.45, 7) is -0.0528. The summed E-state index contributed by atoms with van der Waals surface area (Å²) in [6, 6.07) is 5.83. The molecule has 0 radical (unpaired) electrons. The molecule has 1 amide bonds. The van der Waals surface area contributed by atoms with Crippen LogP contribution in [0.15, 0.2) is 42.3 Å². The number of fused-ring (bicyclic) bond motifs is 1. The van der Waals surface area contributed by atoms with Gasteiger partial charge in [0.2, 0.25) is 5.95 Å². The van der Waals surface area contributed by atoms with Crippen LogP contribution < -0.4 is 10.6 Å². The molecule has 4 N–H and O–H groups in total. The molecule has 2 heterocycles. The number of benzene rings is 1. The number of rotatable bonds is 7. The predicted molar refractivity (Wildman–Crippen MR) is 107 cm³/mol. The van der Waals surface area contributed by atoms with Crippen molar-refractivity contribution in [2.45, 2.75) is 12.5 Å². The van der Waals surface area contributed by atoms with E-state index in [0.29, 0.717) is 24.0 Å². The molecule has 0 saturated heterocycles. The van der Waals surface area contributed by atoms with Crippen LogP contribution in [-0.4, -0.2) is 58.2 Å². The minimum absolute atomic E-state index is 0.0528. The Balaban J connectivity index is 1.47. The number of carbonyl (C=O) groups is 1. The molecule has 3 aromatic rings. The third kappa shape index (κ3) is 4.11. The van der Waals surface area contributed by atoms with Gasteiger partial charge in [0.25, 0.3) is 5.91 Å². The van der Waals surface area contributed by atoms with E-state index in [1.165, 1.54) is 0 Å². The Morgan fingerprint density at radius 2 is 2.21 bits per heavy atom. The molecular formula is C19H21N7O3. The number of amides is 1. The molecule has 0 spiro atoms. The molecule has 1 atom stereocenters. The van der Waals surface area contributed by atoms with Crippen LogP contribution in [0.2, 0.25) is 0 Å². The van der Waals surface area contributed by atoms with Gasteiger partial charge >= 0.3 is 0 Å². The van der Waals surface area contributed by atoms with E-state index in [-0.39, 0.29) is 18.6 Å². The van der Waals surface area contributed by atoms with Crippen molar-refractivity contribution in [2.75, 3.05) is 26.1 Å². The van der Waals surface area contributed by atoms with E-state index >= 15 is 0 Å². The molecule has 2 aromatic heterocycles. The number of nitrogens with zero attached hydrogens (tertiary/aromatic N) is 3. The summed E-state index contributed by atoms with van der Waals surface area (Å²) in [6.07, 6.45) is 5.68. The monoisotopic (exact) mass is 395 g/mol. The second-order valence-corrected chi connectivity index (χ2v) is 6.46. The van der Waals surface area contributed by atoms with Crippen molar-refractivity contribution in [1.29, 1.82) is 0 Å². The standard InChI is InChI=1S/C19H21N7O3/c1-20-17(27)10-29-15-6-3-11(8-16(15)28-2)18-23-19(26-25-18)22-13-4-5-14-12(7-13)9-21-24-14/h3-7,9,16H,8,10H2,1-2H3,(H,20,27)(H,21,24)(H2,22,23,25,26). The van der Waals surface area contributed by atoms with E-state index in [0.717, 1.165) is 22.2 Å². The molecular weight excluding hydrogens is 374 g/mol. The lowest BCUT2D eigenvalue weighted by molar-refractivity contribution is -0.124. The first kappa shape index (κ1) is 18.7. The minimum atomic E-state index is -0.301. The van der Waals surface area contributed by atoms with Gasteiger partial charge in [-0.1, -0.05) is 6.08 Å². The van der Waals surface area contributed by atoms with Crippen molar-refractivity contribution in [3.8, 4) is 0 Å². The Labute approximate surface area is 166 Å². The van der Waals surface area contributed by atoms with Crippen LogP contribution in [0.5, 0.6) is 0 Å². The first-order chi connectivity index (χ1) is 14.2. The zero-order chi connectivity index (χ0) is 20.2. The van der Waals surface area contributed by atoms with Gasteiger partial charge in [-0.05, 0) is 29.8 Å². The van der Waals surface area contributed by atoms with Crippen molar-refractivity contribution >= 4 is 34.0 Å². The number of nitrogens with one attached hydrogen (secondary N) is 4. The average Bonchev–Trinajstić information content (AvgIpc) is 3.41. The van der Waals surface area contributed by atoms with Crippen LogP contribution in [0.3, 0.4) is 0 Å². The van der Waals surface area contributed by atoms with Gasteiger partial charge in [0.1, 0.15) is 11.9 Å². The maximum absolute atomic E-state index is 11.4. The lowest BCUT2D eigenvalue weighted by Crippen LogP contribution is -2.26. The average molecular weight is 395 g/mol. The smallest absolute Gasteiger partial charge is 0.257 e. The van der Waals surface area contributed by atoms with Gasteiger partial charge in [0.15, 0.2) is 12.4 Å². The SMILES string of the molecule is CNC(=O)COC1=CC=C(c2nc(Nc3ccc4[nH]ncc4c3)n[nH]2)CC1OC. The van der Waals surface area contributed by atoms with Crippen LogP contribution in [0.25, 0.3) is 16.5 Å². The fourth-order valence-electron chi connectivity index (χ4n) is 3.01. The van der Waals surface area contributed by atoms with Crippen LogP contribution in [-0.2, 0) is 14.3 Å². The molecule has 4 rings (SSSR count). The zero-order valence-electron chi connectivity index (χ0n) is 16.0. The quantitative estimate of drug-likeness (QED) is 0.480. The highest BCUT2D eigenvalue weighted by Crippen LogP contribution is 2.28. The van der Waals surface area contributed by atoms with Gasteiger partial charge in [-0.3, -0.25) is 15.0 Å². The fourth-order valence-corrected chi connectivity index (χ4v) is 3.01. The molecule has 10 heteroatoms. The lowest BCUT2D eigenvalue weighted by atomic mass is 10.0. The number of anilines is 2. The van der Waals surface area contributed by atoms with Crippen LogP contribution in [0.1, 0.15) is 12.2 Å². The molecule has 1 aliphatic carbocycles.